The zero-order valence-electron chi connectivity index (χ0n) is 60.7. The van der Waals surface area contributed by atoms with Crippen LogP contribution >= 0.6 is 0 Å². The van der Waals surface area contributed by atoms with Crippen molar-refractivity contribution in [1.82, 2.24) is 5.32 Å². The molecule has 1 heterocycles. The number of ether oxygens (including phenoxy) is 2. The molecule has 9 heteroatoms. The summed E-state index contributed by atoms with van der Waals surface area (Å²) in [5.41, 5.74) is 0. The van der Waals surface area contributed by atoms with E-state index in [4.69, 9.17) is 9.47 Å². The van der Waals surface area contributed by atoms with Crippen molar-refractivity contribution in [3.05, 3.63) is 0 Å². The number of carbonyl (C=O) groups excluding carboxylic acids is 1. The topological polar surface area (TPSA) is 149 Å². The molecule has 1 rings (SSSR count). The fraction of sp³-hybridized carbons (Fsp3) is 0.988. The molecule has 0 aromatic heterocycles. The summed E-state index contributed by atoms with van der Waals surface area (Å²) < 4.78 is 11.4. The lowest BCUT2D eigenvalue weighted by molar-refractivity contribution is -0.302. The highest BCUT2D eigenvalue weighted by Crippen LogP contribution is 2.25. The van der Waals surface area contributed by atoms with Crippen molar-refractivity contribution >= 4 is 5.91 Å². The minimum Gasteiger partial charge on any atom is -0.394 e. The van der Waals surface area contributed by atoms with Gasteiger partial charge in [0.25, 0.3) is 0 Å². The average Bonchev–Trinajstić information content (AvgIpc) is 1.28. The van der Waals surface area contributed by atoms with Crippen LogP contribution in [0.4, 0.5) is 0 Å². The highest BCUT2D eigenvalue weighted by Gasteiger charge is 2.44. The van der Waals surface area contributed by atoms with Crippen LogP contribution in [0, 0.1) is 0 Å². The highest BCUT2D eigenvalue weighted by atomic mass is 16.7. The van der Waals surface area contributed by atoms with E-state index in [0.717, 1.165) is 38.5 Å². The Kier molecular flexibility index (Phi) is 68.8. The van der Waals surface area contributed by atoms with Crippen LogP contribution in [0.25, 0.3) is 0 Å². The summed E-state index contributed by atoms with van der Waals surface area (Å²) in [5.74, 6) is -0.131. The molecule has 1 aliphatic rings. The van der Waals surface area contributed by atoms with Gasteiger partial charge in [-0.1, -0.05) is 438 Å². The standard InChI is InChI=1S/C81H161NO8/c1-3-5-7-9-11-13-15-17-19-21-23-25-27-29-31-33-35-36-37-38-39-40-41-43-45-47-49-51-53-55-57-59-61-63-65-67-69-71-77(85)82-74(73-89-81-80(88)79(87)78(86)76(72-83)90-81)75(84)70-68-66-64-62-60-58-56-54-52-50-48-46-44-42-34-32-30-28-26-24-22-20-18-16-14-12-10-8-6-4-2/h74-76,78-81,83-84,86-88H,3-73H2,1-2H3,(H,82,85). The molecule has 0 aliphatic carbocycles. The molecule has 7 unspecified atom stereocenters. The minimum atomic E-state index is -1.55. The van der Waals surface area contributed by atoms with E-state index in [0.29, 0.717) is 12.8 Å². The van der Waals surface area contributed by atoms with Crippen molar-refractivity contribution in [2.24, 2.45) is 0 Å². The van der Waals surface area contributed by atoms with Gasteiger partial charge in [0.1, 0.15) is 24.4 Å². The molecule has 9 nitrogen and oxygen atoms in total. The molecule has 7 atom stereocenters. The predicted octanol–water partition coefficient (Wildman–Crippen LogP) is 23.6. The van der Waals surface area contributed by atoms with E-state index in [2.05, 4.69) is 19.2 Å². The van der Waals surface area contributed by atoms with Crippen molar-refractivity contribution in [2.45, 2.75) is 500 Å². The first-order valence-electron chi connectivity index (χ1n) is 41.2. The molecular formula is C81H161NO8. The van der Waals surface area contributed by atoms with Gasteiger partial charge in [-0.05, 0) is 12.8 Å². The first-order chi connectivity index (χ1) is 44.3. The monoisotopic (exact) mass is 1280 g/mol. The summed E-state index contributed by atoms with van der Waals surface area (Å²) in [5, 5.41) is 55.1. The van der Waals surface area contributed by atoms with Crippen molar-refractivity contribution < 1.29 is 39.8 Å². The van der Waals surface area contributed by atoms with Crippen LogP contribution in [0.2, 0.25) is 0 Å². The Hall–Kier alpha value is -0.810. The minimum absolute atomic E-state index is 0.130. The maximum absolute atomic E-state index is 13.2. The largest absolute Gasteiger partial charge is 0.394 e. The molecule has 0 saturated carbocycles. The van der Waals surface area contributed by atoms with Crippen LogP contribution in [0.1, 0.15) is 457 Å². The number of aliphatic hydroxyl groups excluding tert-OH is 5. The van der Waals surface area contributed by atoms with Gasteiger partial charge < -0.3 is 40.3 Å². The normalized spacial score (nSPS) is 17.6. The summed E-state index contributed by atoms with van der Waals surface area (Å²) in [6.07, 6.45) is 85.2. The van der Waals surface area contributed by atoms with Crippen LogP contribution in [0.3, 0.4) is 0 Å². The van der Waals surface area contributed by atoms with E-state index in [1.165, 1.54) is 392 Å². The molecule has 1 fully saturated rings. The van der Waals surface area contributed by atoms with Gasteiger partial charge in [0.15, 0.2) is 6.29 Å². The molecule has 1 amide bonds. The molecule has 1 aliphatic heterocycles. The van der Waals surface area contributed by atoms with Gasteiger partial charge in [-0.15, -0.1) is 0 Å². The lowest BCUT2D eigenvalue weighted by Gasteiger charge is -2.40. The van der Waals surface area contributed by atoms with Crippen molar-refractivity contribution in [3.8, 4) is 0 Å². The molecule has 90 heavy (non-hydrogen) atoms. The lowest BCUT2D eigenvalue weighted by atomic mass is 9.99. The van der Waals surface area contributed by atoms with Crippen LogP contribution in [0.15, 0.2) is 0 Å². The SMILES string of the molecule is CCCCCCCCCCCCCCCCCCCCCCCCCCCCCCCCCCCCCCCC(=O)NC(COC1OC(CO)C(O)C(O)C1O)C(O)CCCCCCCCCCCCCCCCCCCCCCCCCCCCCCCC. The second-order valence-corrected chi connectivity index (χ2v) is 29.3. The van der Waals surface area contributed by atoms with E-state index in [1.54, 1.807) is 0 Å². The molecule has 0 aromatic carbocycles. The summed E-state index contributed by atoms with van der Waals surface area (Å²) in [6.45, 7) is 3.92. The fourth-order valence-electron chi connectivity index (χ4n) is 14.1. The Morgan fingerprint density at radius 2 is 0.556 bits per heavy atom. The summed E-state index contributed by atoms with van der Waals surface area (Å²) >= 11 is 0. The molecule has 0 bridgehead atoms. The van der Waals surface area contributed by atoms with E-state index in [1.807, 2.05) is 0 Å². The maximum Gasteiger partial charge on any atom is 0.220 e. The number of nitrogens with one attached hydrogen (secondary N) is 1. The Bertz CT molecular complexity index is 1390. The quantitative estimate of drug-likeness (QED) is 0.0330. The lowest BCUT2D eigenvalue weighted by Crippen LogP contribution is -2.60. The molecule has 538 valence electrons. The highest BCUT2D eigenvalue weighted by molar-refractivity contribution is 5.76. The molecule has 0 spiro atoms. The van der Waals surface area contributed by atoms with E-state index in [-0.39, 0.29) is 12.5 Å². The van der Waals surface area contributed by atoms with Gasteiger partial charge >= 0.3 is 0 Å². The van der Waals surface area contributed by atoms with Crippen LogP contribution in [-0.2, 0) is 14.3 Å². The van der Waals surface area contributed by atoms with Gasteiger partial charge in [-0.3, -0.25) is 4.79 Å². The second kappa shape index (κ2) is 71.0. The molecule has 1 saturated heterocycles. The Labute approximate surface area is 561 Å². The zero-order valence-corrected chi connectivity index (χ0v) is 60.7. The van der Waals surface area contributed by atoms with Crippen LogP contribution < -0.4 is 5.32 Å². The molecule has 0 aromatic rings. The Morgan fingerprint density at radius 1 is 0.333 bits per heavy atom. The molecular weight excluding hydrogens is 1110 g/mol. The number of aliphatic hydroxyl groups is 5. The fourth-order valence-corrected chi connectivity index (χ4v) is 14.1. The van der Waals surface area contributed by atoms with Gasteiger partial charge in [-0.25, -0.2) is 0 Å². The summed E-state index contributed by atoms with van der Waals surface area (Å²) in [6, 6.07) is -0.716. The molecule has 0 radical (unpaired) electrons. The number of unbranched alkanes of at least 4 members (excludes halogenated alkanes) is 65. The van der Waals surface area contributed by atoms with E-state index in [9.17, 15) is 30.3 Å². The zero-order chi connectivity index (χ0) is 64.9. The number of rotatable bonds is 75. The summed E-state index contributed by atoms with van der Waals surface area (Å²) in [4.78, 5) is 13.2. The Morgan fingerprint density at radius 3 is 0.789 bits per heavy atom. The van der Waals surface area contributed by atoms with E-state index < -0.39 is 49.5 Å². The molecule has 6 N–H and O–H groups in total. The number of hydrogen-bond acceptors (Lipinski definition) is 8. The van der Waals surface area contributed by atoms with Crippen LogP contribution in [0.5, 0.6) is 0 Å². The van der Waals surface area contributed by atoms with Crippen molar-refractivity contribution in [3.63, 3.8) is 0 Å². The van der Waals surface area contributed by atoms with Gasteiger partial charge in [0.05, 0.1) is 25.4 Å². The van der Waals surface area contributed by atoms with Crippen molar-refractivity contribution in [1.29, 1.82) is 0 Å². The number of carbonyl (C=O) groups is 1. The van der Waals surface area contributed by atoms with Gasteiger partial charge in [-0.2, -0.15) is 0 Å². The van der Waals surface area contributed by atoms with E-state index >= 15 is 0 Å². The second-order valence-electron chi connectivity index (χ2n) is 29.3. The average molecular weight is 1280 g/mol. The number of amides is 1. The third-order valence-electron chi connectivity index (χ3n) is 20.5. The van der Waals surface area contributed by atoms with Crippen molar-refractivity contribution in [2.75, 3.05) is 13.2 Å². The third-order valence-corrected chi connectivity index (χ3v) is 20.5. The Balaban J connectivity index is 2.02. The van der Waals surface area contributed by atoms with Gasteiger partial charge in [0.2, 0.25) is 5.91 Å². The van der Waals surface area contributed by atoms with Crippen LogP contribution in [-0.4, -0.2) is 87.5 Å². The first-order valence-corrected chi connectivity index (χ1v) is 41.2. The predicted molar refractivity (Wildman–Crippen MR) is 388 cm³/mol. The van der Waals surface area contributed by atoms with Gasteiger partial charge in [0, 0.05) is 6.42 Å². The smallest absolute Gasteiger partial charge is 0.220 e. The third kappa shape index (κ3) is 58.5. The summed E-state index contributed by atoms with van der Waals surface area (Å²) in [7, 11) is 0. The number of hydrogen-bond donors (Lipinski definition) is 6. The maximum atomic E-state index is 13.2. The first kappa shape index (κ1) is 87.2.